The lowest BCUT2D eigenvalue weighted by Gasteiger charge is -2.19. The standard InChI is InChI=1S/C9H17N/c1-3-9(4-2)10-7-5-6-8-10/h3H,4-8H2,1-2H3/b9-3-. The van der Waals surface area contributed by atoms with Crippen molar-refractivity contribution in [2.75, 3.05) is 13.1 Å². The molecule has 0 aliphatic carbocycles. The Kier molecular flexibility index (Phi) is 2.79. The van der Waals surface area contributed by atoms with Crippen LogP contribution in [0.4, 0.5) is 0 Å². The summed E-state index contributed by atoms with van der Waals surface area (Å²) >= 11 is 0. The van der Waals surface area contributed by atoms with Gasteiger partial charge in [-0.05, 0) is 26.2 Å². The monoisotopic (exact) mass is 139 g/mol. The molecule has 0 radical (unpaired) electrons. The molecule has 0 spiro atoms. The van der Waals surface area contributed by atoms with E-state index in [0.29, 0.717) is 0 Å². The third-order valence-corrected chi connectivity index (χ3v) is 2.21. The van der Waals surface area contributed by atoms with Gasteiger partial charge in [0.2, 0.25) is 0 Å². The van der Waals surface area contributed by atoms with E-state index in [4.69, 9.17) is 0 Å². The van der Waals surface area contributed by atoms with E-state index >= 15 is 0 Å². The Morgan fingerprint density at radius 3 is 2.40 bits per heavy atom. The maximum Gasteiger partial charge on any atom is 0.0175 e. The molecule has 10 heavy (non-hydrogen) atoms. The molecule has 0 bridgehead atoms. The van der Waals surface area contributed by atoms with Gasteiger partial charge in [0.1, 0.15) is 0 Å². The van der Waals surface area contributed by atoms with E-state index in [9.17, 15) is 0 Å². The Bertz CT molecular complexity index is 121. The zero-order valence-electron chi connectivity index (χ0n) is 7.06. The molecule has 1 saturated heterocycles. The summed E-state index contributed by atoms with van der Waals surface area (Å²) in [6.07, 6.45) is 6.20. The maximum absolute atomic E-state index is 2.50. The molecular formula is C9H17N. The molecule has 0 saturated carbocycles. The van der Waals surface area contributed by atoms with Gasteiger partial charge >= 0.3 is 0 Å². The third-order valence-electron chi connectivity index (χ3n) is 2.21. The molecule has 1 rings (SSSR count). The quantitative estimate of drug-likeness (QED) is 0.568. The van der Waals surface area contributed by atoms with Crippen molar-refractivity contribution in [3.8, 4) is 0 Å². The first-order valence-corrected chi connectivity index (χ1v) is 4.28. The second kappa shape index (κ2) is 3.65. The Hall–Kier alpha value is -0.460. The van der Waals surface area contributed by atoms with Gasteiger partial charge in [0, 0.05) is 18.8 Å². The molecule has 0 atom stereocenters. The van der Waals surface area contributed by atoms with Crippen LogP contribution in [0.15, 0.2) is 11.8 Å². The van der Waals surface area contributed by atoms with Crippen LogP contribution in [0.25, 0.3) is 0 Å². The molecule has 0 aromatic rings. The molecule has 1 fully saturated rings. The van der Waals surface area contributed by atoms with Crippen LogP contribution in [0.1, 0.15) is 33.1 Å². The Morgan fingerprint density at radius 1 is 1.40 bits per heavy atom. The molecule has 1 aliphatic rings. The van der Waals surface area contributed by atoms with Crippen molar-refractivity contribution in [1.82, 2.24) is 4.90 Å². The van der Waals surface area contributed by atoms with Gasteiger partial charge < -0.3 is 4.90 Å². The van der Waals surface area contributed by atoms with Gasteiger partial charge in [-0.3, -0.25) is 0 Å². The minimum absolute atomic E-state index is 1.19. The summed E-state index contributed by atoms with van der Waals surface area (Å²) in [7, 11) is 0. The molecule has 0 aromatic carbocycles. The molecule has 1 heterocycles. The van der Waals surface area contributed by atoms with Crippen LogP contribution in [0.5, 0.6) is 0 Å². The predicted molar refractivity (Wildman–Crippen MR) is 44.9 cm³/mol. The Morgan fingerprint density at radius 2 is 2.00 bits per heavy atom. The summed E-state index contributed by atoms with van der Waals surface area (Å²) in [5.74, 6) is 0. The summed E-state index contributed by atoms with van der Waals surface area (Å²) in [4.78, 5) is 2.50. The number of likely N-dealkylation sites (tertiary alicyclic amines) is 1. The largest absolute Gasteiger partial charge is 0.375 e. The van der Waals surface area contributed by atoms with Crippen molar-refractivity contribution < 1.29 is 0 Å². The highest BCUT2D eigenvalue weighted by molar-refractivity contribution is 5.00. The van der Waals surface area contributed by atoms with Crippen LogP contribution in [-0.4, -0.2) is 18.0 Å². The van der Waals surface area contributed by atoms with Crippen molar-refractivity contribution >= 4 is 0 Å². The van der Waals surface area contributed by atoms with Crippen LogP contribution in [0.3, 0.4) is 0 Å². The van der Waals surface area contributed by atoms with Crippen molar-refractivity contribution in [2.45, 2.75) is 33.1 Å². The topological polar surface area (TPSA) is 3.24 Å². The SMILES string of the molecule is C/C=C(/CC)N1CCCC1. The maximum atomic E-state index is 2.50. The second-order valence-corrected chi connectivity index (χ2v) is 2.83. The van der Waals surface area contributed by atoms with Crippen LogP contribution >= 0.6 is 0 Å². The fourth-order valence-electron chi connectivity index (χ4n) is 1.61. The first kappa shape index (κ1) is 7.64. The highest BCUT2D eigenvalue weighted by Gasteiger charge is 2.11. The van der Waals surface area contributed by atoms with Gasteiger partial charge in [0.15, 0.2) is 0 Å². The average molecular weight is 139 g/mol. The lowest BCUT2D eigenvalue weighted by atomic mass is 10.3. The van der Waals surface area contributed by atoms with Crippen molar-refractivity contribution in [3.63, 3.8) is 0 Å². The number of hydrogen-bond acceptors (Lipinski definition) is 1. The third kappa shape index (κ3) is 1.53. The van der Waals surface area contributed by atoms with Gasteiger partial charge in [-0.1, -0.05) is 13.0 Å². The van der Waals surface area contributed by atoms with E-state index in [1.165, 1.54) is 38.0 Å². The lowest BCUT2D eigenvalue weighted by molar-refractivity contribution is 0.412. The smallest absolute Gasteiger partial charge is 0.0175 e. The molecule has 1 aliphatic heterocycles. The molecular weight excluding hydrogens is 122 g/mol. The summed E-state index contributed by atoms with van der Waals surface area (Å²) in [5, 5.41) is 0. The van der Waals surface area contributed by atoms with Gasteiger partial charge in [-0.25, -0.2) is 0 Å². The van der Waals surface area contributed by atoms with Crippen molar-refractivity contribution in [3.05, 3.63) is 11.8 Å². The summed E-state index contributed by atoms with van der Waals surface area (Å²) in [6, 6.07) is 0. The van der Waals surface area contributed by atoms with Crippen LogP contribution in [0, 0.1) is 0 Å². The zero-order chi connectivity index (χ0) is 7.40. The fraction of sp³-hybridized carbons (Fsp3) is 0.778. The molecule has 0 amide bonds. The van der Waals surface area contributed by atoms with E-state index in [1.807, 2.05) is 0 Å². The van der Waals surface area contributed by atoms with E-state index < -0.39 is 0 Å². The number of allylic oxidation sites excluding steroid dienone is 2. The molecule has 0 unspecified atom stereocenters. The fourth-order valence-corrected chi connectivity index (χ4v) is 1.61. The first-order valence-electron chi connectivity index (χ1n) is 4.28. The molecule has 0 N–H and O–H groups in total. The molecule has 1 nitrogen and oxygen atoms in total. The van der Waals surface area contributed by atoms with Gasteiger partial charge in [-0.15, -0.1) is 0 Å². The zero-order valence-corrected chi connectivity index (χ0v) is 7.06. The number of rotatable bonds is 2. The van der Waals surface area contributed by atoms with Crippen LogP contribution in [-0.2, 0) is 0 Å². The highest BCUT2D eigenvalue weighted by atomic mass is 15.1. The molecule has 58 valence electrons. The number of hydrogen-bond donors (Lipinski definition) is 0. The minimum atomic E-state index is 1.19. The van der Waals surface area contributed by atoms with Gasteiger partial charge in [0.25, 0.3) is 0 Å². The molecule has 1 heteroatoms. The molecule has 0 aromatic heterocycles. The highest BCUT2D eigenvalue weighted by Crippen LogP contribution is 2.16. The van der Waals surface area contributed by atoms with Crippen molar-refractivity contribution in [1.29, 1.82) is 0 Å². The lowest BCUT2D eigenvalue weighted by Crippen LogP contribution is -2.17. The first-order chi connectivity index (χ1) is 4.88. The number of nitrogens with zero attached hydrogens (tertiary/aromatic N) is 1. The normalized spacial score (nSPS) is 20.2. The van der Waals surface area contributed by atoms with E-state index in [0.717, 1.165) is 0 Å². The van der Waals surface area contributed by atoms with Crippen molar-refractivity contribution in [2.24, 2.45) is 0 Å². The predicted octanol–water partition coefficient (Wildman–Crippen LogP) is 2.40. The van der Waals surface area contributed by atoms with E-state index in [1.54, 1.807) is 0 Å². The van der Waals surface area contributed by atoms with Crippen LogP contribution in [0.2, 0.25) is 0 Å². The average Bonchev–Trinajstić information content (AvgIpc) is 2.43. The van der Waals surface area contributed by atoms with Gasteiger partial charge in [-0.2, -0.15) is 0 Å². The summed E-state index contributed by atoms with van der Waals surface area (Å²) in [5.41, 5.74) is 1.53. The van der Waals surface area contributed by atoms with E-state index in [2.05, 4.69) is 24.8 Å². The van der Waals surface area contributed by atoms with Gasteiger partial charge in [0.05, 0.1) is 0 Å². The second-order valence-electron chi connectivity index (χ2n) is 2.83. The summed E-state index contributed by atoms with van der Waals surface area (Å²) < 4.78 is 0. The minimum Gasteiger partial charge on any atom is -0.375 e. The Labute approximate surface area is 63.7 Å². The van der Waals surface area contributed by atoms with E-state index in [-0.39, 0.29) is 0 Å². The Balaban J connectivity index is 2.45. The summed E-state index contributed by atoms with van der Waals surface area (Å²) in [6.45, 7) is 6.94. The van der Waals surface area contributed by atoms with Crippen LogP contribution < -0.4 is 0 Å².